The van der Waals surface area contributed by atoms with Crippen molar-refractivity contribution in [2.24, 2.45) is 0 Å². The van der Waals surface area contributed by atoms with Gasteiger partial charge in [0.05, 0.1) is 23.4 Å². The van der Waals surface area contributed by atoms with Crippen LogP contribution in [0.1, 0.15) is 51.2 Å². The number of β-amino-alcohol motifs (C(OH)–C–C–N with tert-alkyl or cyclic N) is 2. The fraction of sp³-hybridized carbons (Fsp3) is 0.434. The molecular weight excluding hydrogens is 1020 g/mol. The molecule has 3 atom stereocenters. The molecule has 3 unspecified atom stereocenters. The molecule has 71 heavy (non-hydrogen) atoms. The molecule has 0 amide bonds. The number of nitrogens with zero attached hydrogens (tertiary/aromatic N) is 2. The van der Waals surface area contributed by atoms with E-state index in [9.17, 15) is 35.8 Å². The molecule has 0 bridgehead atoms. The predicted molar refractivity (Wildman–Crippen MR) is 269 cm³/mol. The van der Waals surface area contributed by atoms with Crippen LogP contribution in [0.2, 0.25) is 0 Å². The van der Waals surface area contributed by atoms with Gasteiger partial charge in [0.25, 0.3) is 0 Å². The zero-order valence-electron chi connectivity index (χ0n) is 40.5. The zero-order valence-corrected chi connectivity index (χ0v) is 42.9. The lowest BCUT2D eigenvalue weighted by molar-refractivity contribution is -0.137. The second kappa shape index (κ2) is 29.8. The Bertz CT molecular complexity index is 2290. The molecule has 18 heteroatoms. The quantitative estimate of drug-likeness (QED) is 0.0787. The molecule has 3 saturated heterocycles. The molecule has 0 aromatic heterocycles. The Morgan fingerprint density at radius 3 is 1.54 bits per heavy atom. The standard InChI is InChI=1S/C20H21F4NO2.C13H18FNO2.C8H8BrFO.C7H7F.C5H11NO.ClH/c1-19(27-16-6-4-5-15(13-16)20(22,23)24)9-10-25(14-19)11-12-26-18-8-3-2-7-17(18)21;1-13(16)6-7-15(10-13)8-9-17-12-5-3-2-4-11(12)14;9-5-6-11-8-4-2-1-3-7(8)10;1-6-3-2-4-7(8)5-6;1-5(7)2-3-6-4-5;/h2-8,13H,9-12,14H2,1H3;2-5,16H,6-10H2,1H3;1-4H,5-6H2;2-5H,1H3;6-7H,2-4H2,1H3;1H. The van der Waals surface area contributed by atoms with E-state index in [1.807, 2.05) is 33.8 Å². The van der Waals surface area contributed by atoms with Gasteiger partial charge in [-0.15, -0.1) is 12.4 Å². The summed E-state index contributed by atoms with van der Waals surface area (Å²) in [6.45, 7) is 14.5. The van der Waals surface area contributed by atoms with Crippen molar-refractivity contribution in [3.05, 3.63) is 156 Å². The van der Waals surface area contributed by atoms with Crippen LogP contribution in [0.15, 0.2) is 121 Å². The van der Waals surface area contributed by atoms with E-state index < -0.39 is 34.4 Å². The third-order valence-electron chi connectivity index (χ3n) is 11.1. The topological polar surface area (TPSA) is 95.9 Å². The lowest BCUT2D eigenvalue weighted by atomic mass is 10.1. The summed E-state index contributed by atoms with van der Waals surface area (Å²) in [4.78, 5) is 4.22. The highest BCUT2D eigenvalue weighted by Crippen LogP contribution is 2.34. The number of aliphatic hydroxyl groups is 2. The maximum Gasteiger partial charge on any atom is 0.416 e. The smallest absolute Gasteiger partial charge is 0.416 e. The Morgan fingerprint density at radius 1 is 0.620 bits per heavy atom. The number of likely N-dealkylation sites (tertiary alicyclic amines) is 2. The summed E-state index contributed by atoms with van der Waals surface area (Å²) in [5.41, 5.74) is -1.35. The van der Waals surface area contributed by atoms with E-state index in [4.69, 9.17) is 24.1 Å². The largest absolute Gasteiger partial charge is 0.490 e. The number of benzene rings is 5. The van der Waals surface area contributed by atoms with Gasteiger partial charge in [-0.3, -0.25) is 9.80 Å². The van der Waals surface area contributed by atoms with Crippen molar-refractivity contribution in [1.29, 1.82) is 0 Å². The summed E-state index contributed by atoms with van der Waals surface area (Å²) in [6.07, 6.45) is -2.03. The highest BCUT2D eigenvalue weighted by Gasteiger charge is 2.37. The minimum Gasteiger partial charge on any atom is -0.490 e. The zero-order chi connectivity index (χ0) is 51.2. The number of hydrogen-bond acceptors (Lipinski definition) is 9. The molecule has 0 radical (unpaired) electrons. The van der Waals surface area contributed by atoms with Crippen LogP contribution >= 0.6 is 28.3 Å². The SMILES string of the molecule is CC1(O)CCN(CCOc2ccccc2F)C1.CC1(O)CCNC1.CC1(Oc2cccc(C(F)(F)F)c2)CCN(CCOc2ccccc2F)C1.Cc1cccc(F)c1.Cl.Fc1ccccc1OCCBr. The number of alkyl halides is 4. The van der Waals surface area contributed by atoms with Gasteiger partial charge in [0, 0.05) is 57.6 Å². The molecule has 0 spiro atoms. The van der Waals surface area contributed by atoms with E-state index in [0.717, 1.165) is 56.7 Å². The molecule has 8 rings (SSSR count). The van der Waals surface area contributed by atoms with Crippen LogP contribution < -0.4 is 24.3 Å². The first kappa shape index (κ1) is 60.7. The first-order valence-electron chi connectivity index (χ1n) is 23.0. The second-order valence-electron chi connectivity index (χ2n) is 17.9. The molecule has 0 aliphatic carbocycles. The number of rotatable bonds is 13. The molecule has 9 nitrogen and oxygen atoms in total. The van der Waals surface area contributed by atoms with E-state index in [0.29, 0.717) is 69.2 Å². The van der Waals surface area contributed by atoms with Crippen molar-refractivity contribution in [1.82, 2.24) is 15.1 Å². The summed E-state index contributed by atoms with van der Waals surface area (Å²) < 4.78 is 112. The number of halogens is 9. The molecule has 3 heterocycles. The van der Waals surface area contributed by atoms with Crippen LogP contribution in [0.4, 0.5) is 30.7 Å². The maximum atomic E-state index is 13.5. The lowest BCUT2D eigenvalue weighted by Crippen LogP contribution is -2.37. The van der Waals surface area contributed by atoms with Crippen LogP contribution in [0.25, 0.3) is 0 Å². The van der Waals surface area contributed by atoms with E-state index in [2.05, 4.69) is 31.0 Å². The molecule has 5 aromatic carbocycles. The molecular formula is C53H66BrClF7N3O6. The van der Waals surface area contributed by atoms with Gasteiger partial charge in [0.1, 0.15) is 30.4 Å². The van der Waals surface area contributed by atoms with E-state index >= 15 is 0 Å². The second-order valence-corrected chi connectivity index (χ2v) is 18.7. The summed E-state index contributed by atoms with van der Waals surface area (Å²) in [6, 6.07) is 30.4. The minimum atomic E-state index is -4.40. The summed E-state index contributed by atoms with van der Waals surface area (Å²) in [5.74, 6) is -0.196. The first-order valence-corrected chi connectivity index (χ1v) is 24.1. The monoisotopic (exact) mass is 1090 g/mol. The van der Waals surface area contributed by atoms with Crippen LogP contribution in [0.5, 0.6) is 23.0 Å². The van der Waals surface area contributed by atoms with Crippen molar-refractivity contribution in [2.45, 2.75) is 69.9 Å². The average molecular weight is 1090 g/mol. The van der Waals surface area contributed by atoms with E-state index in [-0.39, 0.29) is 41.4 Å². The number of nitrogens with one attached hydrogen (secondary N) is 1. The fourth-order valence-electron chi connectivity index (χ4n) is 7.36. The minimum absolute atomic E-state index is 0. The summed E-state index contributed by atoms with van der Waals surface area (Å²) in [5, 5.41) is 22.7. The van der Waals surface area contributed by atoms with Gasteiger partial charge in [-0.25, -0.2) is 17.6 Å². The number of aryl methyl sites for hydroxylation is 1. The summed E-state index contributed by atoms with van der Waals surface area (Å²) >= 11 is 3.18. The molecule has 3 N–H and O–H groups in total. The van der Waals surface area contributed by atoms with Crippen molar-refractivity contribution < 1.29 is 59.9 Å². The van der Waals surface area contributed by atoms with Gasteiger partial charge in [-0.1, -0.05) is 70.5 Å². The Hall–Kier alpha value is -4.62. The molecule has 3 aliphatic rings. The Balaban J connectivity index is 0.000000258. The van der Waals surface area contributed by atoms with Crippen LogP contribution in [-0.4, -0.2) is 114 Å². The van der Waals surface area contributed by atoms with Gasteiger partial charge in [-0.05, 0) is 119 Å². The highest BCUT2D eigenvalue weighted by atomic mass is 79.9. The average Bonchev–Trinajstić information content (AvgIpc) is 4.01. The molecule has 0 saturated carbocycles. The van der Waals surface area contributed by atoms with Crippen LogP contribution in [0.3, 0.4) is 0 Å². The number of para-hydroxylation sites is 3. The van der Waals surface area contributed by atoms with Gasteiger partial charge in [0.2, 0.25) is 0 Å². The van der Waals surface area contributed by atoms with Crippen molar-refractivity contribution >= 4 is 28.3 Å². The maximum absolute atomic E-state index is 13.5. The molecule has 3 fully saturated rings. The Kier molecular flexibility index (Phi) is 25.5. The van der Waals surface area contributed by atoms with E-state index in [1.165, 1.54) is 42.5 Å². The fourth-order valence-corrected chi connectivity index (χ4v) is 7.52. The van der Waals surface area contributed by atoms with Gasteiger partial charge in [-0.2, -0.15) is 13.2 Å². The normalized spacial score (nSPS) is 20.5. The van der Waals surface area contributed by atoms with E-state index in [1.54, 1.807) is 60.7 Å². The van der Waals surface area contributed by atoms with Crippen LogP contribution in [0, 0.1) is 30.2 Å². The van der Waals surface area contributed by atoms with Crippen molar-refractivity contribution in [3.8, 4) is 23.0 Å². The number of ether oxygens (including phenoxy) is 4. The number of hydrogen-bond donors (Lipinski definition) is 3. The molecule has 3 aliphatic heterocycles. The van der Waals surface area contributed by atoms with Gasteiger partial charge in [0.15, 0.2) is 34.7 Å². The highest BCUT2D eigenvalue weighted by molar-refractivity contribution is 9.09. The third-order valence-corrected chi connectivity index (χ3v) is 11.4. The van der Waals surface area contributed by atoms with Gasteiger partial charge < -0.3 is 34.5 Å². The molecule has 5 aromatic rings. The molecule has 392 valence electrons. The van der Waals surface area contributed by atoms with Gasteiger partial charge >= 0.3 is 6.18 Å². The van der Waals surface area contributed by atoms with Crippen molar-refractivity contribution in [2.75, 3.05) is 77.5 Å². The first-order chi connectivity index (χ1) is 33.2. The Morgan fingerprint density at radius 2 is 1.13 bits per heavy atom. The summed E-state index contributed by atoms with van der Waals surface area (Å²) in [7, 11) is 0. The van der Waals surface area contributed by atoms with Crippen molar-refractivity contribution in [3.63, 3.8) is 0 Å². The Labute approximate surface area is 427 Å². The lowest BCUT2D eigenvalue weighted by Gasteiger charge is -2.27. The predicted octanol–water partition coefficient (Wildman–Crippen LogP) is 11.3. The van der Waals surface area contributed by atoms with Crippen LogP contribution in [-0.2, 0) is 6.18 Å². The third kappa shape index (κ3) is 23.2.